The van der Waals surface area contributed by atoms with Crippen molar-refractivity contribution in [2.75, 3.05) is 5.32 Å². The molecule has 1 heterocycles. The van der Waals surface area contributed by atoms with Crippen LogP contribution in [0.3, 0.4) is 0 Å². The van der Waals surface area contributed by atoms with Gasteiger partial charge in [-0.05, 0) is 49.2 Å². The molecule has 1 aromatic carbocycles. The van der Waals surface area contributed by atoms with Crippen LogP contribution in [0.5, 0.6) is 0 Å². The SMILES string of the molecule is O=C(Nc1ccc(S(=O)(=O)NCc2ccco2)cc1)C1CC1. The largest absolute Gasteiger partial charge is 0.468 e. The third kappa shape index (κ3) is 3.55. The van der Waals surface area contributed by atoms with Gasteiger partial charge in [-0.1, -0.05) is 0 Å². The number of amides is 1. The summed E-state index contributed by atoms with van der Waals surface area (Å²) in [6.07, 6.45) is 3.34. The maximum absolute atomic E-state index is 12.1. The molecule has 0 saturated heterocycles. The molecule has 0 aliphatic heterocycles. The van der Waals surface area contributed by atoms with Gasteiger partial charge in [0.1, 0.15) is 5.76 Å². The van der Waals surface area contributed by atoms with Crippen molar-refractivity contribution in [2.45, 2.75) is 24.3 Å². The Labute approximate surface area is 128 Å². The van der Waals surface area contributed by atoms with E-state index in [0.29, 0.717) is 11.4 Å². The second-order valence-corrected chi connectivity index (χ2v) is 6.96. The smallest absolute Gasteiger partial charge is 0.240 e. The highest BCUT2D eigenvalue weighted by molar-refractivity contribution is 7.89. The third-order valence-electron chi connectivity index (χ3n) is 3.40. The zero-order valence-corrected chi connectivity index (χ0v) is 12.6. The lowest BCUT2D eigenvalue weighted by molar-refractivity contribution is -0.117. The minimum Gasteiger partial charge on any atom is -0.468 e. The van der Waals surface area contributed by atoms with Crippen molar-refractivity contribution < 1.29 is 17.6 Å². The van der Waals surface area contributed by atoms with Gasteiger partial charge in [0.2, 0.25) is 15.9 Å². The second-order valence-electron chi connectivity index (χ2n) is 5.19. The van der Waals surface area contributed by atoms with E-state index in [9.17, 15) is 13.2 Å². The zero-order chi connectivity index (χ0) is 15.6. The molecule has 2 aromatic rings. The number of anilines is 1. The van der Waals surface area contributed by atoms with E-state index >= 15 is 0 Å². The van der Waals surface area contributed by atoms with Gasteiger partial charge in [-0.15, -0.1) is 0 Å². The van der Waals surface area contributed by atoms with Gasteiger partial charge >= 0.3 is 0 Å². The monoisotopic (exact) mass is 320 g/mol. The Balaban J connectivity index is 1.64. The maximum atomic E-state index is 12.1. The Morgan fingerprint density at radius 3 is 2.50 bits per heavy atom. The predicted molar refractivity (Wildman–Crippen MR) is 80.5 cm³/mol. The van der Waals surface area contributed by atoms with E-state index in [2.05, 4.69) is 10.0 Å². The molecule has 0 unspecified atom stereocenters. The number of carbonyl (C=O) groups is 1. The molecule has 1 aliphatic rings. The van der Waals surface area contributed by atoms with Crippen molar-refractivity contribution in [3.63, 3.8) is 0 Å². The number of carbonyl (C=O) groups excluding carboxylic acids is 1. The van der Waals surface area contributed by atoms with Crippen molar-refractivity contribution in [2.24, 2.45) is 5.92 Å². The Kier molecular flexibility index (Phi) is 4.00. The average molecular weight is 320 g/mol. The lowest BCUT2D eigenvalue weighted by Gasteiger charge is -2.07. The van der Waals surface area contributed by atoms with Crippen LogP contribution in [0, 0.1) is 5.92 Å². The molecule has 1 saturated carbocycles. The van der Waals surface area contributed by atoms with E-state index < -0.39 is 10.0 Å². The number of nitrogens with one attached hydrogen (secondary N) is 2. The van der Waals surface area contributed by atoms with Crippen LogP contribution in [0.4, 0.5) is 5.69 Å². The topological polar surface area (TPSA) is 88.4 Å². The molecule has 7 heteroatoms. The predicted octanol–water partition coefficient (Wildman–Crippen LogP) is 2.11. The first-order valence-electron chi connectivity index (χ1n) is 6.97. The van der Waals surface area contributed by atoms with E-state index in [-0.39, 0.29) is 23.3 Å². The Morgan fingerprint density at radius 1 is 1.18 bits per heavy atom. The van der Waals surface area contributed by atoms with E-state index in [1.807, 2.05) is 0 Å². The van der Waals surface area contributed by atoms with E-state index in [4.69, 9.17) is 4.42 Å². The van der Waals surface area contributed by atoms with Gasteiger partial charge in [-0.2, -0.15) is 0 Å². The van der Waals surface area contributed by atoms with Crippen LogP contribution in [0.15, 0.2) is 52.0 Å². The standard InChI is InChI=1S/C15H16N2O4S/c18-15(11-3-4-11)17-12-5-7-14(8-6-12)22(19,20)16-10-13-2-1-9-21-13/h1-2,5-9,11,16H,3-4,10H2,(H,17,18). The van der Waals surface area contributed by atoms with E-state index in [1.165, 1.54) is 18.4 Å². The van der Waals surface area contributed by atoms with Gasteiger partial charge in [0, 0.05) is 11.6 Å². The van der Waals surface area contributed by atoms with Crippen LogP contribution in [0.25, 0.3) is 0 Å². The highest BCUT2D eigenvalue weighted by atomic mass is 32.2. The lowest BCUT2D eigenvalue weighted by atomic mass is 10.3. The summed E-state index contributed by atoms with van der Waals surface area (Å²) >= 11 is 0. The molecule has 1 aliphatic carbocycles. The Morgan fingerprint density at radius 2 is 1.91 bits per heavy atom. The normalized spacial score (nSPS) is 14.7. The summed E-state index contributed by atoms with van der Waals surface area (Å²) in [7, 11) is -3.61. The number of rotatable bonds is 6. The summed E-state index contributed by atoms with van der Waals surface area (Å²) in [4.78, 5) is 11.8. The molecule has 6 nitrogen and oxygen atoms in total. The van der Waals surface area contributed by atoms with Crippen molar-refractivity contribution in [1.82, 2.24) is 4.72 Å². The fourth-order valence-corrected chi connectivity index (χ4v) is 2.96. The van der Waals surface area contributed by atoms with Gasteiger partial charge in [-0.25, -0.2) is 13.1 Å². The zero-order valence-electron chi connectivity index (χ0n) is 11.8. The van der Waals surface area contributed by atoms with Gasteiger partial charge in [0.25, 0.3) is 0 Å². The first-order chi connectivity index (χ1) is 10.5. The van der Waals surface area contributed by atoms with Gasteiger partial charge in [-0.3, -0.25) is 4.79 Å². The van der Waals surface area contributed by atoms with Gasteiger partial charge in [0.05, 0.1) is 17.7 Å². The summed E-state index contributed by atoms with van der Waals surface area (Å²) in [5, 5.41) is 2.77. The number of hydrogen-bond acceptors (Lipinski definition) is 4. The summed E-state index contributed by atoms with van der Waals surface area (Å²) < 4.78 is 31.8. The third-order valence-corrected chi connectivity index (χ3v) is 4.81. The molecule has 0 atom stereocenters. The van der Waals surface area contributed by atoms with Crippen LogP contribution in [0.2, 0.25) is 0 Å². The summed E-state index contributed by atoms with van der Waals surface area (Å²) in [5.41, 5.74) is 0.599. The molecular weight excluding hydrogens is 304 g/mol. The molecule has 1 fully saturated rings. The lowest BCUT2D eigenvalue weighted by Crippen LogP contribution is -2.23. The molecule has 1 aromatic heterocycles. The van der Waals surface area contributed by atoms with Crippen molar-refractivity contribution in [3.05, 3.63) is 48.4 Å². The molecule has 0 spiro atoms. The Hall–Kier alpha value is -2.12. The maximum Gasteiger partial charge on any atom is 0.240 e. The average Bonchev–Trinajstić information content (AvgIpc) is 3.23. The quantitative estimate of drug-likeness (QED) is 0.853. The highest BCUT2D eigenvalue weighted by Gasteiger charge is 2.29. The molecule has 116 valence electrons. The van der Waals surface area contributed by atoms with Gasteiger partial charge < -0.3 is 9.73 Å². The minimum atomic E-state index is -3.61. The molecule has 3 rings (SSSR count). The first kappa shape index (κ1) is 14.8. The van der Waals surface area contributed by atoms with Crippen LogP contribution in [-0.4, -0.2) is 14.3 Å². The fraction of sp³-hybridized carbons (Fsp3) is 0.267. The number of furan rings is 1. The molecule has 22 heavy (non-hydrogen) atoms. The second kappa shape index (κ2) is 5.94. The molecular formula is C15H16N2O4S. The highest BCUT2D eigenvalue weighted by Crippen LogP contribution is 2.30. The van der Waals surface area contributed by atoms with E-state index in [0.717, 1.165) is 12.8 Å². The van der Waals surface area contributed by atoms with Crippen LogP contribution in [-0.2, 0) is 21.4 Å². The minimum absolute atomic E-state index is 0.00782. The van der Waals surface area contributed by atoms with Gasteiger partial charge in [0.15, 0.2) is 0 Å². The van der Waals surface area contributed by atoms with Crippen molar-refractivity contribution in [1.29, 1.82) is 0 Å². The van der Waals surface area contributed by atoms with Crippen molar-refractivity contribution >= 4 is 21.6 Å². The number of sulfonamides is 1. The molecule has 1 amide bonds. The number of benzene rings is 1. The molecule has 0 radical (unpaired) electrons. The fourth-order valence-electron chi connectivity index (χ4n) is 1.97. The first-order valence-corrected chi connectivity index (χ1v) is 8.46. The van der Waals surface area contributed by atoms with Crippen LogP contribution >= 0.6 is 0 Å². The Bertz CT molecular complexity index is 747. The summed E-state index contributed by atoms with van der Waals surface area (Å²) in [6.45, 7) is 0.0928. The van der Waals surface area contributed by atoms with Crippen LogP contribution in [0.1, 0.15) is 18.6 Å². The number of hydrogen-bond donors (Lipinski definition) is 2. The molecule has 2 N–H and O–H groups in total. The summed E-state index contributed by atoms with van der Waals surface area (Å²) in [5.74, 6) is 0.641. The molecule has 0 bridgehead atoms. The van der Waals surface area contributed by atoms with E-state index in [1.54, 1.807) is 24.3 Å². The van der Waals surface area contributed by atoms with Crippen molar-refractivity contribution in [3.8, 4) is 0 Å². The van der Waals surface area contributed by atoms with Crippen LogP contribution < -0.4 is 10.0 Å². The summed E-state index contributed by atoms with van der Waals surface area (Å²) in [6, 6.07) is 9.49.